The molecule has 0 fully saturated rings. The van der Waals surface area contributed by atoms with Crippen LogP contribution in [0.5, 0.6) is 5.75 Å². The van der Waals surface area contributed by atoms with Gasteiger partial charge < -0.3 is 15.0 Å². The van der Waals surface area contributed by atoms with E-state index in [0.717, 1.165) is 5.39 Å². The van der Waals surface area contributed by atoms with Gasteiger partial charge in [-0.15, -0.1) is 0 Å². The van der Waals surface area contributed by atoms with Crippen LogP contribution in [0.15, 0.2) is 53.3 Å². The van der Waals surface area contributed by atoms with Crippen molar-refractivity contribution in [3.63, 3.8) is 0 Å². The lowest BCUT2D eigenvalue weighted by Crippen LogP contribution is -2.27. The predicted octanol–water partition coefficient (Wildman–Crippen LogP) is 2.53. The summed E-state index contributed by atoms with van der Waals surface area (Å²) >= 11 is 0. The SMILES string of the molecule is COc1ccc2cc(CNC(=O)Cc3ccc(F)cc3)c(=O)[nH]c2c1. The van der Waals surface area contributed by atoms with Crippen molar-refractivity contribution in [3.8, 4) is 5.75 Å². The highest BCUT2D eigenvalue weighted by atomic mass is 19.1. The summed E-state index contributed by atoms with van der Waals surface area (Å²) in [4.78, 5) is 26.9. The molecule has 0 aliphatic heterocycles. The van der Waals surface area contributed by atoms with Crippen molar-refractivity contribution in [2.45, 2.75) is 13.0 Å². The summed E-state index contributed by atoms with van der Waals surface area (Å²) in [6.07, 6.45) is 0.128. The summed E-state index contributed by atoms with van der Waals surface area (Å²) in [5.74, 6) is 0.0767. The van der Waals surface area contributed by atoms with E-state index in [4.69, 9.17) is 4.74 Å². The molecule has 6 heteroatoms. The fourth-order valence-electron chi connectivity index (χ4n) is 2.53. The number of fused-ring (bicyclic) bond motifs is 1. The molecule has 0 atom stereocenters. The Morgan fingerprint density at radius 1 is 1.16 bits per heavy atom. The van der Waals surface area contributed by atoms with Gasteiger partial charge in [0.05, 0.1) is 19.0 Å². The normalized spacial score (nSPS) is 10.6. The lowest BCUT2D eigenvalue weighted by atomic mass is 10.1. The molecule has 0 unspecified atom stereocenters. The van der Waals surface area contributed by atoms with Crippen LogP contribution in [-0.4, -0.2) is 18.0 Å². The van der Waals surface area contributed by atoms with Crippen molar-refractivity contribution in [2.75, 3.05) is 7.11 Å². The maximum atomic E-state index is 12.9. The quantitative estimate of drug-likeness (QED) is 0.750. The number of ether oxygens (including phenoxy) is 1. The lowest BCUT2D eigenvalue weighted by Gasteiger charge is -2.07. The van der Waals surface area contributed by atoms with Crippen molar-refractivity contribution >= 4 is 16.8 Å². The van der Waals surface area contributed by atoms with Crippen molar-refractivity contribution < 1.29 is 13.9 Å². The number of aromatic amines is 1. The number of halogens is 1. The molecule has 0 saturated carbocycles. The zero-order chi connectivity index (χ0) is 17.8. The Kier molecular flexibility index (Phi) is 4.79. The number of methoxy groups -OCH3 is 1. The number of hydrogen-bond acceptors (Lipinski definition) is 3. The number of rotatable bonds is 5. The van der Waals surface area contributed by atoms with E-state index in [2.05, 4.69) is 10.3 Å². The fraction of sp³-hybridized carbons (Fsp3) is 0.158. The van der Waals surface area contributed by atoms with Crippen LogP contribution in [0.4, 0.5) is 4.39 Å². The van der Waals surface area contributed by atoms with Gasteiger partial charge in [0, 0.05) is 18.2 Å². The van der Waals surface area contributed by atoms with Crippen LogP contribution < -0.4 is 15.6 Å². The molecule has 0 saturated heterocycles. The van der Waals surface area contributed by atoms with Gasteiger partial charge in [-0.25, -0.2) is 4.39 Å². The predicted molar refractivity (Wildman–Crippen MR) is 93.1 cm³/mol. The van der Waals surface area contributed by atoms with Gasteiger partial charge >= 0.3 is 0 Å². The van der Waals surface area contributed by atoms with Crippen LogP contribution in [0.3, 0.4) is 0 Å². The maximum absolute atomic E-state index is 12.9. The number of amides is 1. The van der Waals surface area contributed by atoms with E-state index in [1.165, 1.54) is 12.1 Å². The second-order valence-corrected chi connectivity index (χ2v) is 5.66. The average molecular weight is 340 g/mol. The van der Waals surface area contributed by atoms with Gasteiger partial charge in [0.1, 0.15) is 11.6 Å². The van der Waals surface area contributed by atoms with E-state index in [9.17, 15) is 14.0 Å². The second kappa shape index (κ2) is 7.17. The molecule has 0 aliphatic rings. The van der Waals surface area contributed by atoms with E-state index in [-0.39, 0.29) is 30.2 Å². The van der Waals surface area contributed by atoms with E-state index < -0.39 is 0 Å². The topological polar surface area (TPSA) is 71.2 Å². The first-order valence-electron chi connectivity index (χ1n) is 7.76. The lowest BCUT2D eigenvalue weighted by molar-refractivity contribution is -0.120. The summed E-state index contributed by atoms with van der Waals surface area (Å²) in [7, 11) is 1.56. The first-order chi connectivity index (χ1) is 12.0. The number of nitrogens with one attached hydrogen (secondary N) is 2. The van der Waals surface area contributed by atoms with Crippen molar-refractivity contribution in [2.24, 2.45) is 0 Å². The van der Waals surface area contributed by atoms with E-state index in [1.807, 2.05) is 6.07 Å². The minimum absolute atomic E-state index is 0.122. The summed E-state index contributed by atoms with van der Waals surface area (Å²) < 4.78 is 18.0. The maximum Gasteiger partial charge on any atom is 0.253 e. The zero-order valence-corrected chi connectivity index (χ0v) is 13.6. The Hall–Kier alpha value is -3.15. The fourth-order valence-corrected chi connectivity index (χ4v) is 2.53. The first-order valence-corrected chi connectivity index (χ1v) is 7.76. The Labute approximate surface area is 143 Å². The molecular weight excluding hydrogens is 323 g/mol. The molecule has 1 aromatic heterocycles. The van der Waals surface area contributed by atoms with Crippen LogP contribution >= 0.6 is 0 Å². The van der Waals surface area contributed by atoms with E-state index in [1.54, 1.807) is 37.4 Å². The van der Waals surface area contributed by atoms with Gasteiger partial charge in [0.15, 0.2) is 0 Å². The Balaban J connectivity index is 1.70. The van der Waals surface area contributed by atoms with Crippen LogP contribution in [0.25, 0.3) is 10.9 Å². The molecule has 0 spiro atoms. The second-order valence-electron chi connectivity index (χ2n) is 5.66. The molecule has 3 aromatic rings. The van der Waals surface area contributed by atoms with Gasteiger partial charge in [0.2, 0.25) is 5.91 Å². The monoisotopic (exact) mass is 340 g/mol. The summed E-state index contributed by atoms with van der Waals surface area (Å²) in [5.41, 5.74) is 1.58. The molecule has 5 nitrogen and oxygen atoms in total. The van der Waals surface area contributed by atoms with Crippen LogP contribution in [0, 0.1) is 5.82 Å². The third-order valence-electron chi connectivity index (χ3n) is 3.88. The highest BCUT2D eigenvalue weighted by molar-refractivity contribution is 5.81. The minimum Gasteiger partial charge on any atom is -0.497 e. The van der Waals surface area contributed by atoms with Gasteiger partial charge in [-0.1, -0.05) is 12.1 Å². The molecule has 25 heavy (non-hydrogen) atoms. The number of benzene rings is 2. The zero-order valence-electron chi connectivity index (χ0n) is 13.6. The Morgan fingerprint density at radius 2 is 1.92 bits per heavy atom. The van der Waals surface area contributed by atoms with Crippen molar-refractivity contribution in [1.82, 2.24) is 10.3 Å². The number of H-pyrrole nitrogens is 1. The first kappa shape index (κ1) is 16.7. The molecular formula is C19H17FN2O3. The minimum atomic E-state index is -0.344. The van der Waals surface area contributed by atoms with Crippen LogP contribution in [-0.2, 0) is 17.8 Å². The van der Waals surface area contributed by atoms with Gasteiger partial charge in [-0.3, -0.25) is 9.59 Å². The van der Waals surface area contributed by atoms with Gasteiger partial charge in [0.25, 0.3) is 5.56 Å². The molecule has 2 N–H and O–H groups in total. The number of carbonyl (C=O) groups is 1. The highest BCUT2D eigenvalue weighted by Crippen LogP contribution is 2.18. The van der Waals surface area contributed by atoms with Crippen molar-refractivity contribution in [1.29, 1.82) is 0 Å². The Morgan fingerprint density at radius 3 is 2.64 bits per heavy atom. The van der Waals surface area contributed by atoms with Crippen molar-refractivity contribution in [3.05, 3.63) is 75.8 Å². The standard InChI is InChI=1S/C19H17FN2O3/c1-25-16-7-4-13-9-14(19(24)22-17(13)10-16)11-21-18(23)8-12-2-5-15(20)6-3-12/h2-7,9-10H,8,11H2,1H3,(H,21,23)(H,22,24). The third-order valence-corrected chi connectivity index (χ3v) is 3.88. The molecule has 0 aliphatic carbocycles. The number of pyridine rings is 1. The smallest absolute Gasteiger partial charge is 0.253 e. The molecule has 0 bridgehead atoms. The highest BCUT2D eigenvalue weighted by Gasteiger charge is 2.07. The van der Waals surface area contributed by atoms with E-state index >= 15 is 0 Å². The van der Waals surface area contributed by atoms with Crippen LogP contribution in [0.1, 0.15) is 11.1 Å². The van der Waals surface area contributed by atoms with Gasteiger partial charge in [-0.2, -0.15) is 0 Å². The van der Waals surface area contributed by atoms with Crippen LogP contribution in [0.2, 0.25) is 0 Å². The number of aromatic nitrogens is 1. The molecule has 0 radical (unpaired) electrons. The molecule has 2 aromatic carbocycles. The van der Waals surface area contributed by atoms with Gasteiger partial charge in [-0.05, 0) is 41.3 Å². The average Bonchev–Trinajstić information content (AvgIpc) is 2.61. The summed E-state index contributed by atoms with van der Waals surface area (Å²) in [5, 5.41) is 3.56. The Bertz CT molecular complexity index is 965. The molecule has 1 heterocycles. The molecule has 1 amide bonds. The largest absolute Gasteiger partial charge is 0.497 e. The third kappa shape index (κ3) is 4.03. The molecule has 128 valence electrons. The summed E-state index contributed by atoms with van der Waals surface area (Å²) in [6, 6.07) is 12.9. The number of hydrogen-bond donors (Lipinski definition) is 2. The molecule has 3 rings (SSSR count). The summed E-state index contributed by atoms with van der Waals surface area (Å²) in [6.45, 7) is 0.122. The number of carbonyl (C=O) groups excluding carboxylic acids is 1. The van der Waals surface area contributed by atoms with E-state index in [0.29, 0.717) is 22.4 Å².